The number of pyridine rings is 1. The number of hydrogen-bond donors (Lipinski definition) is 1. The summed E-state index contributed by atoms with van der Waals surface area (Å²) in [5.74, 6) is 0.741. The Balaban J connectivity index is 1.54. The van der Waals surface area contributed by atoms with Gasteiger partial charge in [0.1, 0.15) is 11.8 Å². The highest BCUT2D eigenvalue weighted by atomic mass is 16.5. The fraction of sp³-hybridized carbons (Fsp3) is 0.375. The molecule has 0 aromatic carbocycles. The molecule has 118 valence electrons. The van der Waals surface area contributed by atoms with Gasteiger partial charge in [-0.05, 0) is 24.5 Å². The maximum Gasteiger partial charge on any atom is 0.165 e. The summed E-state index contributed by atoms with van der Waals surface area (Å²) >= 11 is 0. The minimum atomic E-state index is 0.258. The number of ether oxygens (including phenoxy) is 1. The van der Waals surface area contributed by atoms with Gasteiger partial charge < -0.3 is 14.6 Å². The van der Waals surface area contributed by atoms with E-state index in [1.165, 1.54) is 0 Å². The van der Waals surface area contributed by atoms with Crippen molar-refractivity contribution in [2.75, 3.05) is 11.9 Å². The maximum absolute atomic E-state index is 5.70. The first-order valence-corrected chi connectivity index (χ1v) is 7.80. The quantitative estimate of drug-likeness (QED) is 0.777. The molecule has 1 atom stereocenters. The maximum atomic E-state index is 5.70. The van der Waals surface area contributed by atoms with Crippen molar-refractivity contribution in [3.63, 3.8) is 0 Å². The van der Waals surface area contributed by atoms with Gasteiger partial charge in [-0.1, -0.05) is 6.07 Å². The molecular weight excluding hydrogens is 292 g/mol. The first-order chi connectivity index (χ1) is 11.4. The van der Waals surface area contributed by atoms with E-state index < -0.39 is 0 Å². The number of rotatable bonds is 5. The third-order valence-electron chi connectivity index (χ3n) is 4.01. The molecule has 1 saturated heterocycles. The molecule has 1 fully saturated rings. The van der Waals surface area contributed by atoms with Crippen LogP contribution < -0.4 is 5.32 Å². The van der Waals surface area contributed by atoms with Gasteiger partial charge >= 0.3 is 0 Å². The number of aromatic nitrogens is 5. The standard InChI is InChI=1S/C16H18N6O/c1-3-12(7-17-5-1)8-18-15-14-16(20-10-19-15)22(11-21-14)9-13-4-2-6-23-13/h1,3,5,7,10-11,13H,2,4,6,8-9H2,(H,18,19,20). The second-order valence-electron chi connectivity index (χ2n) is 5.64. The van der Waals surface area contributed by atoms with E-state index in [1.54, 1.807) is 12.5 Å². The SMILES string of the molecule is c1cncc(CNc2ncnc3c2ncn3CC2CCCO2)c1. The number of anilines is 1. The Labute approximate surface area is 133 Å². The minimum Gasteiger partial charge on any atom is -0.376 e. The van der Waals surface area contributed by atoms with E-state index in [4.69, 9.17) is 4.74 Å². The van der Waals surface area contributed by atoms with Crippen LogP contribution in [0.4, 0.5) is 5.82 Å². The summed E-state index contributed by atoms with van der Waals surface area (Å²) in [6.07, 6.45) is 9.47. The lowest BCUT2D eigenvalue weighted by atomic mass is 10.2. The van der Waals surface area contributed by atoms with Gasteiger partial charge in [-0.15, -0.1) is 0 Å². The zero-order valence-electron chi connectivity index (χ0n) is 12.7. The van der Waals surface area contributed by atoms with Crippen LogP contribution in [0.2, 0.25) is 0 Å². The van der Waals surface area contributed by atoms with Crippen LogP contribution in [-0.4, -0.2) is 37.2 Å². The second-order valence-corrected chi connectivity index (χ2v) is 5.64. The Morgan fingerprint density at radius 2 is 2.30 bits per heavy atom. The number of nitrogens with zero attached hydrogens (tertiary/aromatic N) is 5. The average Bonchev–Trinajstić information content (AvgIpc) is 3.25. The third-order valence-corrected chi connectivity index (χ3v) is 4.01. The molecule has 1 aliphatic rings. The summed E-state index contributed by atoms with van der Waals surface area (Å²) in [6, 6.07) is 3.94. The zero-order valence-corrected chi connectivity index (χ0v) is 12.7. The Kier molecular flexibility index (Phi) is 3.85. The second kappa shape index (κ2) is 6.29. The van der Waals surface area contributed by atoms with Crippen LogP contribution in [0.15, 0.2) is 37.2 Å². The lowest BCUT2D eigenvalue weighted by Gasteiger charge is -2.10. The van der Waals surface area contributed by atoms with Crippen molar-refractivity contribution in [2.45, 2.75) is 32.0 Å². The van der Waals surface area contributed by atoms with Crippen molar-refractivity contribution in [3.05, 3.63) is 42.7 Å². The molecule has 4 rings (SSSR count). The van der Waals surface area contributed by atoms with Gasteiger partial charge in [0.2, 0.25) is 0 Å². The lowest BCUT2D eigenvalue weighted by Crippen LogP contribution is -2.14. The number of fused-ring (bicyclic) bond motifs is 1. The van der Waals surface area contributed by atoms with Gasteiger partial charge in [-0.3, -0.25) is 4.98 Å². The third kappa shape index (κ3) is 3.00. The molecule has 0 aliphatic carbocycles. The van der Waals surface area contributed by atoms with Crippen molar-refractivity contribution >= 4 is 17.0 Å². The number of imidazole rings is 1. The monoisotopic (exact) mass is 310 g/mol. The van der Waals surface area contributed by atoms with E-state index in [2.05, 4.69) is 25.3 Å². The van der Waals surface area contributed by atoms with Crippen LogP contribution in [0.25, 0.3) is 11.2 Å². The molecule has 0 saturated carbocycles. The van der Waals surface area contributed by atoms with Crippen molar-refractivity contribution in [1.82, 2.24) is 24.5 Å². The number of hydrogen-bond acceptors (Lipinski definition) is 6. The van der Waals surface area contributed by atoms with E-state index in [0.29, 0.717) is 6.54 Å². The molecule has 4 heterocycles. The van der Waals surface area contributed by atoms with Gasteiger partial charge in [-0.2, -0.15) is 0 Å². The highest BCUT2D eigenvalue weighted by Crippen LogP contribution is 2.20. The Morgan fingerprint density at radius 3 is 3.13 bits per heavy atom. The van der Waals surface area contributed by atoms with Gasteiger partial charge in [0.25, 0.3) is 0 Å². The lowest BCUT2D eigenvalue weighted by molar-refractivity contribution is 0.0978. The predicted octanol–water partition coefficient (Wildman–Crippen LogP) is 2.01. The fourth-order valence-corrected chi connectivity index (χ4v) is 2.84. The van der Waals surface area contributed by atoms with E-state index in [-0.39, 0.29) is 6.10 Å². The Hall–Kier alpha value is -2.54. The number of nitrogens with one attached hydrogen (secondary N) is 1. The Morgan fingerprint density at radius 1 is 1.30 bits per heavy atom. The highest BCUT2D eigenvalue weighted by Gasteiger charge is 2.18. The first kappa shape index (κ1) is 14.1. The normalized spacial score (nSPS) is 17.7. The van der Waals surface area contributed by atoms with Crippen LogP contribution in [0.1, 0.15) is 18.4 Å². The molecule has 1 N–H and O–H groups in total. The molecule has 7 nitrogen and oxygen atoms in total. The largest absolute Gasteiger partial charge is 0.376 e. The Bertz CT molecular complexity index is 782. The molecule has 7 heteroatoms. The average molecular weight is 310 g/mol. The van der Waals surface area contributed by atoms with Crippen LogP contribution in [0.3, 0.4) is 0 Å². The zero-order chi connectivity index (χ0) is 15.5. The molecule has 23 heavy (non-hydrogen) atoms. The van der Waals surface area contributed by atoms with Gasteiger partial charge in [0, 0.05) is 25.5 Å². The summed E-state index contributed by atoms with van der Waals surface area (Å²) in [7, 11) is 0. The van der Waals surface area contributed by atoms with Crippen LogP contribution >= 0.6 is 0 Å². The van der Waals surface area contributed by atoms with Gasteiger partial charge in [0.15, 0.2) is 11.5 Å². The van der Waals surface area contributed by atoms with E-state index in [0.717, 1.165) is 48.5 Å². The molecule has 0 bridgehead atoms. The summed E-state index contributed by atoms with van der Waals surface area (Å²) in [4.78, 5) is 17.3. The summed E-state index contributed by atoms with van der Waals surface area (Å²) < 4.78 is 7.74. The predicted molar refractivity (Wildman–Crippen MR) is 85.9 cm³/mol. The van der Waals surface area contributed by atoms with Crippen LogP contribution in [0.5, 0.6) is 0 Å². The molecule has 1 aliphatic heterocycles. The molecule has 3 aromatic heterocycles. The van der Waals surface area contributed by atoms with Crippen LogP contribution in [-0.2, 0) is 17.8 Å². The molecule has 0 radical (unpaired) electrons. The highest BCUT2D eigenvalue weighted by molar-refractivity contribution is 5.82. The van der Waals surface area contributed by atoms with Gasteiger partial charge in [0.05, 0.1) is 19.0 Å². The smallest absolute Gasteiger partial charge is 0.165 e. The van der Waals surface area contributed by atoms with E-state index in [1.807, 2.05) is 29.2 Å². The first-order valence-electron chi connectivity index (χ1n) is 7.80. The molecule has 0 amide bonds. The molecular formula is C16H18N6O. The van der Waals surface area contributed by atoms with E-state index in [9.17, 15) is 0 Å². The molecule has 3 aromatic rings. The van der Waals surface area contributed by atoms with Gasteiger partial charge in [-0.25, -0.2) is 15.0 Å². The summed E-state index contributed by atoms with van der Waals surface area (Å²) in [5, 5.41) is 3.31. The summed E-state index contributed by atoms with van der Waals surface area (Å²) in [5.41, 5.74) is 2.72. The molecule has 1 unspecified atom stereocenters. The van der Waals surface area contributed by atoms with Crippen molar-refractivity contribution in [3.8, 4) is 0 Å². The minimum absolute atomic E-state index is 0.258. The molecule has 0 spiro atoms. The van der Waals surface area contributed by atoms with Crippen molar-refractivity contribution in [2.24, 2.45) is 0 Å². The topological polar surface area (TPSA) is 77.8 Å². The van der Waals surface area contributed by atoms with Crippen molar-refractivity contribution in [1.29, 1.82) is 0 Å². The summed E-state index contributed by atoms with van der Waals surface area (Å²) in [6.45, 7) is 2.29. The van der Waals surface area contributed by atoms with Crippen LogP contribution in [0, 0.1) is 0 Å². The van der Waals surface area contributed by atoms with Crippen molar-refractivity contribution < 1.29 is 4.74 Å². The van der Waals surface area contributed by atoms with E-state index >= 15 is 0 Å². The fourth-order valence-electron chi connectivity index (χ4n) is 2.84.